The lowest BCUT2D eigenvalue weighted by Gasteiger charge is -2.23. The SMILES string of the molecule is CCC/C(C(=O)c1nc(OC[C@@H]2CCCN2C)cc(-c2ccn3ncnc3c2)n1)=C(/N)[C@H]1CCCCC1=O. The van der Waals surface area contributed by atoms with Gasteiger partial charge in [0.25, 0.3) is 0 Å². The summed E-state index contributed by atoms with van der Waals surface area (Å²) in [7, 11) is 2.09. The van der Waals surface area contributed by atoms with Crippen LogP contribution in [0.15, 0.2) is 42.0 Å². The van der Waals surface area contributed by atoms with Gasteiger partial charge in [-0.2, -0.15) is 10.1 Å². The van der Waals surface area contributed by atoms with E-state index in [0.717, 1.165) is 37.8 Å². The number of Topliss-reactive ketones (excluding diaryl/α,β-unsaturated/α-hetero) is 2. The van der Waals surface area contributed by atoms with Crippen molar-refractivity contribution in [2.75, 3.05) is 20.2 Å². The molecular formula is C28H35N7O3. The van der Waals surface area contributed by atoms with Crippen molar-refractivity contribution in [1.29, 1.82) is 0 Å². The highest BCUT2D eigenvalue weighted by molar-refractivity contribution is 6.07. The second kappa shape index (κ2) is 11.4. The molecule has 2 atom stereocenters. The van der Waals surface area contributed by atoms with Crippen molar-refractivity contribution in [3.63, 3.8) is 0 Å². The van der Waals surface area contributed by atoms with Crippen LogP contribution >= 0.6 is 0 Å². The summed E-state index contributed by atoms with van der Waals surface area (Å²) in [4.78, 5) is 42.2. The molecule has 4 heterocycles. The number of likely N-dealkylation sites (N-methyl/N-ethyl adjacent to an activating group) is 1. The monoisotopic (exact) mass is 517 g/mol. The Morgan fingerprint density at radius 1 is 1.18 bits per heavy atom. The minimum atomic E-state index is -0.415. The number of allylic oxidation sites excluding steroid dienone is 2. The molecule has 1 saturated carbocycles. The van der Waals surface area contributed by atoms with Crippen molar-refractivity contribution in [2.45, 2.75) is 64.3 Å². The van der Waals surface area contributed by atoms with E-state index in [9.17, 15) is 9.59 Å². The van der Waals surface area contributed by atoms with E-state index in [0.29, 0.717) is 66.8 Å². The van der Waals surface area contributed by atoms with Crippen LogP contribution in [0.4, 0.5) is 0 Å². The smallest absolute Gasteiger partial charge is 0.228 e. The third-order valence-electron chi connectivity index (χ3n) is 7.63. The molecule has 10 heteroatoms. The topological polar surface area (TPSA) is 129 Å². The molecule has 0 unspecified atom stereocenters. The molecule has 3 aromatic heterocycles. The number of nitrogens with two attached hydrogens (primary N) is 1. The highest BCUT2D eigenvalue weighted by Crippen LogP contribution is 2.30. The number of ether oxygens (including phenoxy) is 1. The van der Waals surface area contributed by atoms with Crippen LogP contribution in [-0.2, 0) is 4.79 Å². The van der Waals surface area contributed by atoms with Crippen molar-refractivity contribution >= 4 is 17.2 Å². The van der Waals surface area contributed by atoms with Crippen molar-refractivity contribution in [3.05, 3.63) is 47.8 Å². The Morgan fingerprint density at radius 3 is 2.82 bits per heavy atom. The fourth-order valence-corrected chi connectivity index (χ4v) is 5.39. The summed E-state index contributed by atoms with van der Waals surface area (Å²) in [6.07, 6.45) is 9.61. The fraction of sp³-hybridized carbons (Fsp3) is 0.500. The van der Waals surface area contributed by atoms with E-state index >= 15 is 0 Å². The molecule has 1 aliphatic carbocycles. The summed E-state index contributed by atoms with van der Waals surface area (Å²) in [6.45, 7) is 3.50. The lowest BCUT2D eigenvalue weighted by Crippen LogP contribution is -2.31. The molecule has 200 valence electrons. The van der Waals surface area contributed by atoms with Gasteiger partial charge in [-0.3, -0.25) is 9.59 Å². The molecule has 0 spiro atoms. The van der Waals surface area contributed by atoms with Gasteiger partial charge in [-0.15, -0.1) is 0 Å². The maximum atomic E-state index is 13.9. The van der Waals surface area contributed by atoms with Crippen LogP contribution in [0.3, 0.4) is 0 Å². The Labute approximate surface area is 222 Å². The summed E-state index contributed by atoms with van der Waals surface area (Å²) in [6, 6.07) is 5.77. The predicted octanol–water partition coefficient (Wildman–Crippen LogP) is 3.61. The van der Waals surface area contributed by atoms with Gasteiger partial charge in [0.1, 0.15) is 18.7 Å². The van der Waals surface area contributed by atoms with Crippen LogP contribution in [0.1, 0.15) is 68.9 Å². The molecule has 0 aromatic carbocycles. The Morgan fingerprint density at radius 2 is 2.05 bits per heavy atom. The molecule has 2 fully saturated rings. The van der Waals surface area contributed by atoms with Crippen LogP contribution in [0.25, 0.3) is 16.9 Å². The Balaban J connectivity index is 1.53. The number of rotatable bonds is 9. The van der Waals surface area contributed by atoms with E-state index in [1.165, 1.54) is 6.33 Å². The number of fused-ring (bicyclic) bond motifs is 1. The third kappa shape index (κ3) is 5.45. The summed E-state index contributed by atoms with van der Waals surface area (Å²) in [5.74, 6) is -0.301. The number of carbonyl (C=O) groups excluding carboxylic acids is 2. The van der Waals surface area contributed by atoms with Gasteiger partial charge in [-0.1, -0.05) is 19.8 Å². The van der Waals surface area contributed by atoms with Crippen molar-refractivity contribution in [1.82, 2.24) is 29.5 Å². The number of nitrogens with zero attached hydrogens (tertiary/aromatic N) is 6. The molecule has 0 radical (unpaired) electrons. The molecule has 3 aromatic rings. The van der Waals surface area contributed by atoms with Gasteiger partial charge in [0.2, 0.25) is 17.5 Å². The van der Waals surface area contributed by atoms with Crippen molar-refractivity contribution in [3.8, 4) is 17.1 Å². The number of hydrogen-bond acceptors (Lipinski definition) is 9. The minimum absolute atomic E-state index is 0.0216. The van der Waals surface area contributed by atoms with Gasteiger partial charge in [0.05, 0.1) is 11.6 Å². The maximum Gasteiger partial charge on any atom is 0.228 e. The van der Waals surface area contributed by atoms with E-state index in [-0.39, 0.29) is 17.4 Å². The van der Waals surface area contributed by atoms with Crippen LogP contribution in [-0.4, -0.2) is 67.3 Å². The molecule has 2 aliphatic rings. The molecule has 1 saturated heterocycles. The fourth-order valence-electron chi connectivity index (χ4n) is 5.39. The van der Waals surface area contributed by atoms with Gasteiger partial charge < -0.3 is 15.4 Å². The highest BCUT2D eigenvalue weighted by Gasteiger charge is 2.30. The molecule has 2 N–H and O–H groups in total. The lowest BCUT2D eigenvalue weighted by atomic mass is 9.83. The Kier molecular flexibility index (Phi) is 7.78. The van der Waals surface area contributed by atoms with Crippen LogP contribution in [0.5, 0.6) is 5.88 Å². The van der Waals surface area contributed by atoms with Crippen molar-refractivity contribution < 1.29 is 14.3 Å². The number of ketones is 2. The summed E-state index contributed by atoms with van der Waals surface area (Å²) >= 11 is 0. The van der Waals surface area contributed by atoms with Gasteiger partial charge >= 0.3 is 0 Å². The lowest BCUT2D eigenvalue weighted by molar-refractivity contribution is -0.123. The van der Waals surface area contributed by atoms with Gasteiger partial charge in [-0.05, 0) is 57.8 Å². The Hall–Kier alpha value is -3.66. The third-order valence-corrected chi connectivity index (χ3v) is 7.63. The number of likely N-dealkylation sites (tertiary alicyclic amines) is 1. The first-order chi connectivity index (χ1) is 18.4. The number of carbonyl (C=O) groups is 2. The van der Waals surface area contributed by atoms with E-state index in [1.807, 2.05) is 19.1 Å². The minimum Gasteiger partial charge on any atom is -0.476 e. The number of pyridine rings is 1. The van der Waals surface area contributed by atoms with Gasteiger partial charge in [0, 0.05) is 41.6 Å². The molecule has 10 nitrogen and oxygen atoms in total. The van der Waals surface area contributed by atoms with E-state index < -0.39 is 5.92 Å². The normalized spacial score (nSPS) is 21.1. The standard InChI is InChI=1S/C28H35N7O3/c1-3-7-21(26(29)20-9-4-5-10-23(20)36)27(37)28-32-22(18-11-13-35-24(14-18)30-17-31-35)15-25(33-28)38-16-19-8-6-12-34(19)2/h11,13-15,17,19-20H,3-10,12,16,29H2,1-2H3/b26-21-/t19-,20-/m0/s1. The van der Waals surface area contributed by atoms with Crippen LogP contribution in [0.2, 0.25) is 0 Å². The zero-order valence-electron chi connectivity index (χ0n) is 22.1. The second-order valence-corrected chi connectivity index (χ2v) is 10.3. The summed E-state index contributed by atoms with van der Waals surface area (Å²) < 4.78 is 7.80. The van der Waals surface area contributed by atoms with E-state index in [2.05, 4.69) is 32.0 Å². The van der Waals surface area contributed by atoms with E-state index in [1.54, 1.807) is 16.8 Å². The van der Waals surface area contributed by atoms with Gasteiger partial charge in [-0.25, -0.2) is 14.5 Å². The zero-order valence-corrected chi connectivity index (χ0v) is 22.1. The number of hydrogen-bond donors (Lipinski definition) is 1. The van der Waals surface area contributed by atoms with E-state index in [4.69, 9.17) is 10.5 Å². The second-order valence-electron chi connectivity index (χ2n) is 10.3. The quantitative estimate of drug-likeness (QED) is 0.334. The molecule has 0 amide bonds. The summed E-state index contributed by atoms with van der Waals surface area (Å²) in [5, 5.41) is 4.15. The number of aromatic nitrogens is 5. The maximum absolute atomic E-state index is 13.9. The average molecular weight is 518 g/mol. The van der Waals surface area contributed by atoms with Crippen molar-refractivity contribution in [2.24, 2.45) is 11.7 Å². The molecule has 1 aliphatic heterocycles. The largest absolute Gasteiger partial charge is 0.476 e. The summed E-state index contributed by atoms with van der Waals surface area (Å²) in [5.41, 5.74) is 9.31. The first kappa shape index (κ1) is 26.0. The average Bonchev–Trinajstić information content (AvgIpc) is 3.58. The molecule has 38 heavy (non-hydrogen) atoms. The Bertz CT molecular complexity index is 1370. The van der Waals surface area contributed by atoms with Gasteiger partial charge in [0.15, 0.2) is 5.65 Å². The molecule has 5 rings (SSSR count). The molecule has 0 bridgehead atoms. The highest BCUT2D eigenvalue weighted by atomic mass is 16.5. The predicted molar refractivity (Wildman–Crippen MR) is 143 cm³/mol. The van der Waals surface area contributed by atoms with Crippen LogP contribution < -0.4 is 10.5 Å². The van der Waals surface area contributed by atoms with Crippen LogP contribution in [0, 0.1) is 5.92 Å². The molecular weight excluding hydrogens is 482 g/mol. The first-order valence-electron chi connectivity index (χ1n) is 13.5. The first-order valence-corrected chi connectivity index (χ1v) is 13.5. The zero-order chi connectivity index (χ0) is 26.6.